The molecule has 110 valence electrons. The molecule has 2 heterocycles. The summed E-state index contributed by atoms with van der Waals surface area (Å²) in [5, 5.41) is 2.77. The molecule has 0 spiro atoms. The molecule has 0 atom stereocenters. The van der Waals surface area contributed by atoms with E-state index in [1.165, 1.54) is 18.3 Å². The maximum absolute atomic E-state index is 12.8. The number of halogens is 1. The number of carbonyl (C=O) groups excluding carboxylic acids is 1. The molecule has 1 amide bonds. The van der Waals surface area contributed by atoms with Crippen molar-refractivity contribution in [2.24, 2.45) is 0 Å². The van der Waals surface area contributed by atoms with Gasteiger partial charge in [-0.15, -0.1) is 0 Å². The average Bonchev–Trinajstić information content (AvgIpc) is 3.09. The van der Waals surface area contributed by atoms with Gasteiger partial charge in [0.05, 0.1) is 5.56 Å². The van der Waals surface area contributed by atoms with Crippen LogP contribution in [0.1, 0.15) is 15.9 Å². The number of carbonyl (C=O) groups is 1. The predicted molar refractivity (Wildman–Crippen MR) is 78.9 cm³/mol. The van der Waals surface area contributed by atoms with E-state index < -0.39 is 0 Å². The van der Waals surface area contributed by atoms with Crippen molar-refractivity contribution in [3.8, 4) is 5.82 Å². The number of imidazole rings is 1. The Morgan fingerprint density at radius 2 is 2.00 bits per heavy atom. The lowest BCUT2D eigenvalue weighted by molar-refractivity contribution is 0.0950. The van der Waals surface area contributed by atoms with Gasteiger partial charge >= 0.3 is 0 Å². The van der Waals surface area contributed by atoms with E-state index in [0.717, 1.165) is 5.56 Å². The molecule has 5 nitrogen and oxygen atoms in total. The summed E-state index contributed by atoms with van der Waals surface area (Å²) >= 11 is 0. The van der Waals surface area contributed by atoms with Crippen molar-refractivity contribution in [2.75, 3.05) is 0 Å². The van der Waals surface area contributed by atoms with Gasteiger partial charge in [0.2, 0.25) is 0 Å². The number of nitrogens with one attached hydrogen (secondary N) is 1. The molecule has 0 aliphatic rings. The van der Waals surface area contributed by atoms with E-state index in [1.54, 1.807) is 47.6 Å². The van der Waals surface area contributed by atoms with Gasteiger partial charge in [0, 0.05) is 25.1 Å². The Morgan fingerprint density at radius 3 is 2.64 bits per heavy atom. The third kappa shape index (κ3) is 3.17. The van der Waals surface area contributed by atoms with Gasteiger partial charge in [0.25, 0.3) is 5.91 Å². The standard InChI is InChI=1S/C16H13FN4O/c17-14-4-1-12(2-5-14)9-20-16(22)13-3-6-15(19-10-13)21-8-7-18-11-21/h1-8,10-11H,9H2,(H,20,22). The van der Waals surface area contributed by atoms with Crippen LogP contribution in [0.2, 0.25) is 0 Å². The van der Waals surface area contributed by atoms with Crippen LogP contribution in [0.15, 0.2) is 61.3 Å². The third-order valence-corrected chi connectivity index (χ3v) is 3.15. The second-order valence-electron chi connectivity index (χ2n) is 4.68. The summed E-state index contributed by atoms with van der Waals surface area (Å²) in [5.74, 6) is 0.163. The Hall–Kier alpha value is -3.02. The van der Waals surface area contributed by atoms with Crippen molar-refractivity contribution in [3.63, 3.8) is 0 Å². The summed E-state index contributed by atoms with van der Waals surface area (Å²) in [6.07, 6.45) is 6.58. The van der Waals surface area contributed by atoms with E-state index in [2.05, 4.69) is 15.3 Å². The monoisotopic (exact) mass is 296 g/mol. The molecular weight excluding hydrogens is 283 g/mol. The minimum atomic E-state index is -0.297. The summed E-state index contributed by atoms with van der Waals surface area (Å²) in [4.78, 5) is 20.2. The van der Waals surface area contributed by atoms with Crippen LogP contribution in [0, 0.1) is 5.82 Å². The first-order chi connectivity index (χ1) is 10.7. The highest BCUT2D eigenvalue weighted by Crippen LogP contribution is 2.06. The molecule has 1 aromatic carbocycles. The fraction of sp³-hybridized carbons (Fsp3) is 0.0625. The van der Waals surface area contributed by atoms with E-state index in [4.69, 9.17) is 0 Å². The molecule has 0 radical (unpaired) electrons. The normalized spacial score (nSPS) is 10.4. The average molecular weight is 296 g/mol. The Balaban J connectivity index is 1.63. The molecule has 3 rings (SSSR count). The van der Waals surface area contributed by atoms with Crippen LogP contribution < -0.4 is 5.32 Å². The number of hydrogen-bond donors (Lipinski definition) is 1. The molecular formula is C16H13FN4O. The summed E-state index contributed by atoms with van der Waals surface area (Å²) in [6.45, 7) is 0.336. The third-order valence-electron chi connectivity index (χ3n) is 3.15. The smallest absolute Gasteiger partial charge is 0.253 e. The maximum atomic E-state index is 12.8. The van der Waals surface area contributed by atoms with Crippen molar-refractivity contribution in [1.29, 1.82) is 0 Å². The summed E-state index contributed by atoms with van der Waals surface area (Å²) in [7, 11) is 0. The largest absolute Gasteiger partial charge is 0.348 e. The molecule has 3 aromatic rings. The number of aromatic nitrogens is 3. The molecule has 0 fully saturated rings. The van der Waals surface area contributed by atoms with Gasteiger partial charge < -0.3 is 5.32 Å². The van der Waals surface area contributed by atoms with Crippen molar-refractivity contribution in [2.45, 2.75) is 6.54 Å². The fourth-order valence-electron chi connectivity index (χ4n) is 1.95. The minimum Gasteiger partial charge on any atom is -0.348 e. The highest BCUT2D eigenvalue weighted by molar-refractivity contribution is 5.93. The van der Waals surface area contributed by atoms with Crippen LogP contribution in [0.25, 0.3) is 5.82 Å². The first-order valence-corrected chi connectivity index (χ1v) is 6.69. The van der Waals surface area contributed by atoms with E-state index >= 15 is 0 Å². The van der Waals surface area contributed by atoms with Crippen molar-refractivity contribution in [3.05, 3.63) is 78.3 Å². The Labute approximate surface area is 126 Å². The second kappa shape index (κ2) is 6.17. The summed E-state index contributed by atoms with van der Waals surface area (Å²) in [5.41, 5.74) is 1.30. The van der Waals surface area contributed by atoms with Crippen LogP contribution in [0.5, 0.6) is 0 Å². The molecule has 22 heavy (non-hydrogen) atoms. The lowest BCUT2D eigenvalue weighted by Crippen LogP contribution is -2.23. The first kappa shape index (κ1) is 13.9. The Morgan fingerprint density at radius 1 is 1.18 bits per heavy atom. The zero-order chi connectivity index (χ0) is 15.4. The maximum Gasteiger partial charge on any atom is 0.253 e. The van der Waals surface area contributed by atoms with Gasteiger partial charge in [-0.3, -0.25) is 9.36 Å². The lowest BCUT2D eigenvalue weighted by Gasteiger charge is -2.06. The topological polar surface area (TPSA) is 59.8 Å². The van der Waals surface area contributed by atoms with E-state index in [1.807, 2.05) is 0 Å². The van der Waals surface area contributed by atoms with Crippen molar-refractivity contribution >= 4 is 5.91 Å². The first-order valence-electron chi connectivity index (χ1n) is 6.69. The molecule has 0 unspecified atom stereocenters. The molecule has 0 aliphatic heterocycles. The molecule has 0 saturated heterocycles. The van der Waals surface area contributed by atoms with Gasteiger partial charge in [-0.1, -0.05) is 12.1 Å². The number of nitrogens with zero attached hydrogens (tertiary/aromatic N) is 3. The van der Waals surface area contributed by atoms with Crippen LogP contribution >= 0.6 is 0 Å². The lowest BCUT2D eigenvalue weighted by atomic mass is 10.2. The van der Waals surface area contributed by atoms with Gasteiger partial charge in [0.1, 0.15) is 18.0 Å². The SMILES string of the molecule is O=C(NCc1ccc(F)cc1)c1ccc(-n2ccnc2)nc1. The number of benzene rings is 1. The minimum absolute atomic E-state index is 0.228. The van der Waals surface area contributed by atoms with Gasteiger partial charge in [-0.2, -0.15) is 0 Å². The molecule has 0 aliphatic carbocycles. The van der Waals surface area contributed by atoms with Crippen LogP contribution in [-0.2, 0) is 6.54 Å². The van der Waals surface area contributed by atoms with Crippen molar-refractivity contribution in [1.82, 2.24) is 19.9 Å². The van der Waals surface area contributed by atoms with Crippen LogP contribution in [-0.4, -0.2) is 20.4 Å². The molecule has 0 bridgehead atoms. The van der Waals surface area contributed by atoms with E-state index in [-0.39, 0.29) is 11.7 Å². The predicted octanol–water partition coefficient (Wildman–Crippen LogP) is 2.34. The van der Waals surface area contributed by atoms with Crippen LogP contribution in [0.3, 0.4) is 0 Å². The molecule has 2 aromatic heterocycles. The zero-order valence-corrected chi connectivity index (χ0v) is 11.6. The zero-order valence-electron chi connectivity index (χ0n) is 11.6. The fourth-order valence-corrected chi connectivity index (χ4v) is 1.95. The summed E-state index contributed by atoms with van der Waals surface area (Å²) in [6, 6.07) is 9.44. The highest BCUT2D eigenvalue weighted by Gasteiger charge is 2.06. The van der Waals surface area contributed by atoms with E-state index in [0.29, 0.717) is 17.9 Å². The molecule has 0 saturated carbocycles. The quantitative estimate of drug-likeness (QED) is 0.804. The Bertz CT molecular complexity index is 752. The number of amides is 1. The Kier molecular flexibility index (Phi) is 3.91. The number of pyridine rings is 1. The van der Waals surface area contributed by atoms with Gasteiger partial charge in [0.15, 0.2) is 0 Å². The summed E-state index contributed by atoms with van der Waals surface area (Å²) < 4.78 is 14.6. The molecule has 6 heteroatoms. The number of hydrogen-bond acceptors (Lipinski definition) is 3. The number of rotatable bonds is 4. The van der Waals surface area contributed by atoms with Crippen LogP contribution in [0.4, 0.5) is 4.39 Å². The van der Waals surface area contributed by atoms with Gasteiger partial charge in [-0.05, 0) is 29.8 Å². The highest BCUT2D eigenvalue weighted by atomic mass is 19.1. The van der Waals surface area contributed by atoms with Crippen molar-refractivity contribution < 1.29 is 9.18 Å². The van der Waals surface area contributed by atoms with E-state index in [9.17, 15) is 9.18 Å². The molecule has 1 N–H and O–H groups in total. The van der Waals surface area contributed by atoms with Gasteiger partial charge in [-0.25, -0.2) is 14.4 Å². The second-order valence-corrected chi connectivity index (χ2v) is 4.68.